The minimum absolute atomic E-state index is 0.0728. The van der Waals surface area contributed by atoms with Gasteiger partial charge in [-0.2, -0.15) is 5.10 Å². The maximum absolute atomic E-state index is 12.4. The van der Waals surface area contributed by atoms with Gasteiger partial charge in [-0.25, -0.2) is 0 Å². The molecular weight excluding hydrogens is 250 g/mol. The molecule has 4 heteroatoms. The molecule has 0 aliphatic heterocycles. The second-order valence-corrected chi connectivity index (χ2v) is 6.04. The fraction of sp³-hybridized carbons (Fsp3) is 0.375. The van der Waals surface area contributed by atoms with Crippen LogP contribution in [0, 0.1) is 6.92 Å². The van der Waals surface area contributed by atoms with Crippen molar-refractivity contribution in [2.45, 2.75) is 33.2 Å². The first-order valence-electron chi connectivity index (χ1n) is 6.70. The highest BCUT2D eigenvalue weighted by molar-refractivity contribution is 6.00. The van der Waals surface area contributed by atoms with Crippen LogP contribution in [0.1, 0.15) is 36.8 Å². The Morgan fingerprint density at radius 3 is 2.45 bits per heavy atom. The zero-order valence-electron chi connectivity index (χ0n) is 12.7. The van der Waals surface area contributed by atoms with Crippen LogP contribution in [0.5, 0.6) is 0 Å². The molecule has 1 N–H and O–H groups in total. The first-order valence-corrected chi connectivity index (χ1v) is 6.70. The molecular formula is C16H21N3O. The van der Waals surface area contributed by atoms with Gasteiger partial charge in [0.05, 0.1) is 5.69 Å². The van der Waals surface area contributed by atoms with Crippen molar-refractivity contribution in [3.8, 4) is 11.3 Å². The van der Waals surface area contributed by atoms with Gasteiger partial charge < -0.3 is 5.32 Å². The summed E-state index contributed by atoms with van der Waals surface area (Å²) in [6.45, 7) is 7.91. The summed E-state index contributed by atoms with van der Waals surface area (Å²) in [4.78, 5) is 12.4. The van der Waals surface area contributed by atoms with Gasteiger partial charge in [0, 0.05) is 29.4 Å². The summed E-state index contributed by atoms with van der Waals surface area (Å²) in [6.07, 6.45) is 0. The normalized spacial score (nSPS) is 11.4. The molecule has 20 heavy (non-hydrogen) atoms. The van der Waals surface area contributed by atoms with Crippen LogP contribution in [0.4, 0.5) is 0 Å². The quantitative estimate of drug-likeness (QED) is 0.913. The van der Waals surface area contributed by atoms with Gasteiger partial charge in [0.1, 0.15) is 0 Å². The van der Waals surface area contributed by atoms with Gasteiger partial charge in [-0.15, -0.1) is 0 Å². The molecule has 0 fully saturated rings. The molecule has 1 aromatic carbocycles. The number of carbonyl (C=O) groups excluding carboxylic acids is 1. The summed E-state index contributed by atoms with van der Waals surface area (Å²) in [5, 5.41) is 7.45. The average Bonchev–Trinajstić information content (AvgIpc) is 2.67. The van der Waals surface area contributed by atoms with E-state index in [-0.39, 0.29) is 11.4 Å². The molecule has 1 heterocycles. The van der Waals surface area contributed by atoms with E-state index in [1.54, 1.807) is 0 Å². The number of carbonyl (C=O) groups is 1. The number of hydrogen-bond acceptors (Lipinski definition) is 2. The lowest BCUT2D eigenvalue weighted by Crippen LogP contribution is -2.40. The Hall–Kier alpha value is -2.10. The van der Waals surface area contributed by atoms with Gasteiger partial charge >= 0.3 is 0 Å². The number of aryl methyl sites for hydroxylation is 2. The van der Waals surface area contributed by atoms with Crippen LogP contribution in [-0.4, -0.2) is 21.2 Å². The predicted molar refractivity (Wildman–Crippen MR) is 80.6 cm³/mol. The molecule has 0 unspecified atom stereocenters. The molecule has 0 saturated heterocycles. The van der Waals surface area contributed by atoms with E-state index in [2.05, 4.69) is 10.4 Å². The summed E-state index contributed by atoms with van der Waals surface area (Å²) in [6, 6.07) is 9.55. The third-order valence-corrected chi connectivity index (χ3v) is 3.05. The lowest BCUT2D eigenvalue weighted by atomic mass is 10.0. The molecule has 106 valence electrons. The van der Waals surface area contributed by atoms with Crippen LogP contribution in [0.15, 0.2) is 30.3 Å². The van der Waals surface area contributed by atoms with Crippen molar-refractivity contribution in [1.29, 1.82) is 0 Å². The van der Waals surface area contributed by atoms with Crippen molar-refractivity contribution in [2.24, 2.45) is 7.05 Å². The van der Waals surface area contributed by atoms with E-state index < -0.39 is 0 Å². The summed E-state index contributed by atoms with van der Waals surface area (Å²) < 4.78 is 1.81. The van der Waals surface area contributed by atoms with Crippen LogP contribution in [0.2, 0.25) is 0 Å². The smallest absolute Gasteiger partial charge is 0.252 e. The molecule has 1 aromatic heterocycles. The fourth-order valence-corrected chi connectivity index (χ4v) is 2.00. The highest BCUT2D eigenvalue weighted by atomic mass is 16.1. The zero-order valence-corrected chi connectivity index (χ0v) is 12.7. The summed E-state index contributed by atoms with van der Waals surface area (Å²) >= 11 is 0. The van der Waals surface area contributed by atoms with Crippen molar-refractivity contribution >= 4 is 5.91 Å². The van der Waals surface area contributed by atoms with E-state index in [9.17, 15) is 4.79 Å². The van der Waals surface area contributed by atoms with Gasteiger partial charge in [-0.1, -0.05) is 18.2 Å². The molecule has 0 spiro atoms. The van der Waals surface area contributed by atoms with Crippen molar-refractivity contribution in [3.63, 3.8) is 0 Å². The summed E-state index contributed by atoms with van der Waals surface area (Å²) in [7, 11) is 1.90. The van der Waals surface area contributed by atoms with Crippen molar-refractivity contribution in [1.82, 2.24) is 15.1 Å². The van der Waals surface area contributed by atoms with E-state index in [0.29, 0.717) is 5.56 Å². The van der Waals surface area contributed by atoms with Gasteiger partial charge in [0.15, 0.2) is 0 Å². The monoisotopic (exact) mass is 271 g/mol. The second-order valence-electron chi connectivity index (χ2n) is 6.04. The Bertz CT molecular complexity index is 616. The molecule has 0 saturated carbocycles. The molecule has 0 aliphatic rings. The first-order chi connectivity index (χ1) is 9.28. The Morgan fingerprint density at radius 2 is 1.90 bits per heavy atom. The SMILES string of the molecule is Cc1cc(-c2ccccc2C(=O)NC(C)(C)C)nn1C. The molecule has 2 aromatic rings. The van der Waals surface area contributed by atoms with E-state index >= 15 is 0 Å². The molecule has 1 amide bonds. The van der Waals surface area contributed by atoms with Crippen LogP contribution in [0.3, 0.4) is 0 Å². The molecule has 4 nitrogen and oxygen atoms in total. The number of aromatic nitrogens is 2. The number of amides is 1. The summed E-state index contributed by atoms with van der Waals surface area (Å²) in [5.74, 6) is -0.0728. The zero-order chi connectivity index (χ0) is 14.9. The summed E-state index contributed by atoms with van der Waals surface area (Å²) in [5.41, 5.74) is 3.14. The van der Waals surface area contributed by atoms with Crippen LogP contribution in [0.25, 0.3) is 11.3 Å². The first kappa shape index (κ1) is 14.3. The third kappa shape index (κ3) is 3.07. The molecule has 0 atom stereocenters. The highest BCUT2D eigenvalue weighted by Crippen LogP contribution is 2.23. The van der Waals surface area contributed by atoms with Gasteiger partial charge in [0.25, 0.3) is 5.91 Å². The number of rotatable bonds is 2. The molecule has 0 bridgehead atoms. The van der Waals surface area contributed by atoms with Crippen LogP contribution in [-0.2, 0) is 7.05 Å². The third-order valence-electron chi connectivity index (χ3n) is 3.05. The number of benzene rings is 1. The topological polar surface area (TPSA) is 46.9 Å². The van der Waals surface area contributed by atoms with Crippen LogP contribution >= 0.6 is 0 Å². The number of nitrogens with one attached hydrogen (secondary N) is 1. The maximum Gasteiger partial charge on any atom is 0.252 e. The standard InChI is InChI=1S/C16H21N3O/c1-11-10-14(18-19(11)5)12-8-6-7-9-13(12)15(20)17-16(2,3)4/h6-10H,1-5H3,(H,17,20). The minimum Gasteiger partial charge on any atom is -0.347 e. The minimum atomic E-state index is -0.260. The van der Waals surface area contributed by atoms with Crippen molar-refractivity contribution < 1.29 is 4.79 Å². The van der Waals surface area contributed by atoms with E-state index in [0.717, 1.165) is 17.0 Å². The molecule has 0 radical (unpaired) electrons. The Kier molecular flexibility index (Phi) is 3.66. The lowest BCUT2D eigenvalue weighted by molar-refractivity contribution is 0.0920. The Balaban J connectivity index is 2.43. The number of hydrogen-bond donors (Lipinski definition) is 1. The van der Waals surface area contributed by atoms with Gasteiger partial charge in [-0.05, 0) is 39.8 Å². The van der Waals surface area contributed by atoms with Crippen molar-refractivity contribution in [2.75, 3.05) is 0 Å². The maximum atomic E-state index is 12.4. The molecule has 2 rings (SSSR count). The van der Waals surface area contributed by atoms with E-state index in [4.69, 9.17) is 0 Å². The fourth-order valence-electron chi connectivity index (χ4n) is 2.00. The predicted octanol–water partition coefficient (Wildman–Crippen LogP) is 2.92. The lowest BCUT2D eigenvalue weighted by Gasteiger charge is -2.21. The van der Waals surface area contributed by atoms with Gasteiger partial charge in [-0.3, -0.25) is 9.48 Å². The highest BCUT2D eigenvalue weighted by Gasteiger charge is 2.19. The van der Waals surface area contributed by atoms with E-state index in [1.165, 1.54) is 0 Å². The molecule has 0 aliphatic carbocycles. The Labute approximate surface area is 119 Å². The Morgan fingerprint density at radius 1 is 1.25 bits per heavy atom. The van der Waals surface area contributed by atoms with Crippen molar-refractivity contribution in [3.05, 3.63) is 41.6 Å². The number of nitrogens with zero attached hydrogens (tertiary/aromatic N) is 2. The average molecular weight is 271 g/mol. The largest absolute Gasteiger partial charge is 0.347 e. The second kappa shape index (κ2) is 5.12. The van der Waals surface area contributed by atoms with Crippen LogP contribution < -0.4 is 5.32 Å². The van der Waals surface area contributed by atoms with E-state index in [1.807, 2.05) is 69.8 Å². The van der Waals surface area contributed by atoms with Gasteiger partial charge in [0.2, 0.25) is 0 Å².